The largest absolute Gasteiger partial charge is 0.298 e. The molecule has 2 aromatic heterocycles. The number of thiazole rings is 1. The predicted octanol–water partition coefficient (Wildman–Crippen LogP) is 2.82. The molecule has 2 heterocycles. The quantitative estimate of drug-likeness (QED) is 0.635. The zero-order chi connectivity index (χ0) is 19.6. The van der Waals surface area contributed by atoms with Crippen LogP contribution in [0.1, 0.15) is 27.0 Å². The third kappa shape index (κ3) is 3.82. The zero-order valence-electron chi connectivity index (χ0n) is 14.7. The molecule has 4 nitrogen and oxygen atoms in total. The van der Waals surface area contributed by atoms with Crippen molar-refractivity contribution in [1.82, 2.24) is 4.57 Å². The highest BCUT2D eigenvalue weighted by molar-refractivity contribution is 7.13. The van der Waals surface area contributed by atoms with Crippen molar-refractivity contribution in [2.75, 3.05) is 0 Å². The number of nitriles is 1. The summed E-state index contributed by atoms with van der Waals surface area (Å²) in [4.78, 5) is 27.5. The monoisotopic (exact) mass is 398 g/mol. The van der Waals surface area contributed by atoms with Crippen LogP contribution in [-0.4, -0.2) is 10.4 Å². The summed E-state index contributed by atoms with van der Waals surface area (Å²) in [6.45, 7) is 4.10. The molecule has 0 saturated carbocycles. The van der Waals surface area contributed by atoms with Gasteiger partial charge in [-0.05, 0) is 56.3 Å². The summed E-state index contributed by atoms with van der Waals surface area (Å²) in [7, 11) is 0. The third-order valence-electron chi connectivity index (χ3n) is 3.92. The first-order valence-electron chi connectivity index (χ1n) is 8.17. The van der Waals surface area contributed by atoms with Gasteiger partial charge in [0.25, 0.3) is 5.56 Å². The fourth-order valence-electron chi connectivity index (χ4n) is 2.59. The predicted molar refractivity (Wildman–Crippen MR) is 106 cm³/mol. The number of nitrogens with zero attached hydrogens (tertiary/aromatic N) is 2. The first-order valence-corrected chi connectivity index (χ1v) is 9.80. The van der Waals surface area contributed by atoms with Gasteiger partial charge in [-0.2, -0.15) is 5.26 Å². The lowest BCUT2D eigenvalue weighted by Crippen LogP contribution is -2.32. The van der Waals surface area contributed by atoms with Crippen LogP contribution in [0.3, 0.4) is 0 Å². The third-order valence-corrected chi connectivity index (χ3v) is 6.00. The standard InChI is InChI=1S/C20H15FN2O2S2/c1-3-23-19(25)17(10-15-9-4-12(2)26-15)27-20(23)16(11-22)18(24)13-5-7-14(21)8-6-13/h4-10H,3H2,1-2H3/b17-10+,20-16-. The molecule has 0 amide bonds. The Morgan fingerprint density at radius 1 is 1.22 bits per heavy atom. The van der Waals surface area contributed by atoms with Crippen molar-refractivity contribution >= 4 is 40.1 Å². The van der Waals surface area contributed by atoms with Crippen molar-refractivity contribution in [2.24, 2.45) is 0 Å². The topological polar surface area (TPSA) is 62.9 Å². The maximum Gasteiger partial charge on any atom is 0.269 e. The normalized spacial score (nSPS) is 12.7. The summed E-state index contributed by atoms with van der Waals surface area (Å²) in [5.41, 5.74) is -0.147. The second kappa shape index (κ2) is 7.82. The molecule has 0 atom stereocenters. The van der Waals surface area contributed by atoms with Gasteiger partial charge in [-0.1, -0.05) is 0 Å². The van der Waals surface area contributed by atoms with E-state index in [9.17, 15) is 19.2 Å². The van der Waals surface area contributed by atoms with Gasteiger partial charge in [0, 0.05) is 21.9 Å². The number of hydrogen-bond acceptors (Lipinski definition) is 5. The van der Waals surface area contributed by atoms with Crippen LogP contribution in [0.5, 0.6) is 0 Å². The van der Waals surface area contributed by atoms with E-state index in [1.807, 2.05) is 25.1 Å². The molecule has 27 heavy (non-hydrogen) atoms. The molecule has 136 valence electrons. The minimum absolute atomic E-state index is 0.118. The lowest BCUT2D eigenvalue weighted by atomic mass is 10.1. The van der Waals surface area contributed by atoms with Crippen LogP contribution in [0.2, 0.25) is 0 Å². The summed E-state index contributed by atoms with van der Waals surface area (Å²) in [6, 6.07) is 10.8. The lowest BCUT2D eigenvalue weighted by Gasteiger charge is -2.00. The molecule has 0 N–H and O–H groups in total. The Morgan fingerprint density at radius 3 is 2.48 bits per heavy atom. The summed E-state index contributed by atoms with van der Waals surface area (Å²) in [5, 5.41) is 9.58. The number of benzene rings is 1. The Morgan fingerprint density at radius 2 is 1.93 bits per heavy atom. The highest BCUT2D eigenvalue weighted by Gasteiger charge is 2.17. The number of rotatable bonds is 4. The van der Waals surface area contributed by atoms with Gasteiger partial charge in [0.15, 0.2) is 0 Å². The van der Waals surface area contributed by atoms with Gasteiger partial charge in [0.05, 0.1) is 4.53 Å². The molecule has 0 fully saturated rings. The van der Waals surface area contributed by atoms with Crippen LogP contribution in [0.4, 0.5) is 4.39 Å². The Balaban J connectivity index is 2.24. The molecule has 0 aliphatic heterocycles. The number of carbonyl (C=O) groups is 1. The van der Waals surface area contributed by atoms with Gasteiger partial charge in [-0.3, -0.25) is 14.2 Å². The van der Waals surface area contributed by atoms with Crippen molar-refractivity contribution in [3.8, 4) is 6.07 Å². The average Bonchev–Trinajstić information content (AvgIpc) is 3.20. The molecule has 3 aromatic rings. The minimum atomic E-state index is -0.528. The van der Waals surface area contributed by atoms with E-state index in [2.05, 4.69) is 0 Å². The molecular weight excluding hydrogens is 383 g/mol. The number of thiophene rings is 1. The van der Waals surface area contributed by atoms with Gasteiger partial charge in [-0.15, -0.1) is 22.7 Å². The van der Waals surface area contributed by atoms with E-state index in [-0.39, 0.29) is 16.7 Å². The summed E-state index contributed by atoms with van der Waals surface area (Å²) >= 11 is 2.68. The number of aromatic nitrogens is 1. The molecule has 0 unspecified atom stereocenters. The number of Topliss-reactive ketones (excluding diaryl/α,β-unsaturated/α-hetero) is 1. The number of ketones is 1. The van der Waals surface area contributed by atoms with E-state index in [0.29, 0.717) is 15.7 Å². The van der Waals surface area contributed by atoms with E-state index in [0.717, 1.165) is 21.1 Å². The van der Waals surface area contributed by atoms with Crippen molar-refractivity contribution < 1.29 is 9.18 Å². The molecule has 1 aromatic carbocycles. The number of aryl methyl sites for hydroxylation is 1. The maximum absolute atomic E-state index is 13.1. The molecule has 7 heteroatoms. The Labute approximate surface area is 162 Å². The van der Waals surface area contributed by atoms with Gasteiger partial charge in [0.1, 0.15) is 22.1 Å². The highest BCUT2D eigenvalue weighted by atomic mass is 32.1. The molecule has 0 aliphatic carbocycles. The van der Waals surface area contributed by atoms with Crippen LogP contribution >= 0.6 is 22.7 Å². The van der Waals surface area contributed by atoms with E-state index < -0.39 is 11.6 Å². The van der Waals surface area contributed by atoms with E-state index >= 15 is 0 Å². The number of hydrogen-bond donors (Lipinski definition) is 0. The van der Waals surface area contributed by atoms with Crippen LogP contribution in [0, 0.1) is 24.1 Å². The SMILES string of the molecule is CCn1c(=O)/c(=C\c2ccc(C)s2)s/c1=C(/C#N)C(=O)c1ccc(F)cc1. The van der Waals surface area contributed by atoms with Crippen molar-refractivity contribution in [1.29, 1.82) is 5.26 Å². The van der Waals surface area contributed by atoms with Gasteiger partial charge in [0.2, 0.25) is 5.78 Å². The van der Waals surface area contributed by atoms with E-state index in [4.69, 9.17) is 0 Å². The molecule has 0 saturated heterocycles. The average molecular weight is 398 g/mol. The van der Waals surface area contributed by atoms with Crippen LogP contribution < -0.4 is 14.8 Å². The summed E-state index contributed by atoms with van der Waals surface area (Å²) in [6.07, 6.45) is 1.78. The van der Waals surface area contributed by atoms with Crippen molar-refractivity contribution in [2.45, 2.75) is 20.4 Å². The summed E-state index contributed by atoms with van der Waals surface area (Å²) in [5.74, 6) is -0.991. The molecule has 0 radical (unpaired) electrons. The molecule has 3 rings (SSSR count). The van der Waals surface area contributed by atoms with E-state index in [1.54, 1.807) is 24.3 Å². The molecular formula is C20H15FN2O2S2. The molecule has 0 aliphatic rings. The van der Waals surface area contributed by atoms with Crippen LogP contribution in [-0.2, 0) is 6.54 Å². The van der Waals surface area contributed by atoms with Crippen LogP contribution in [0.15, 0.2) is 41.2 Å². The molecule has 0 spiro atoms. The second-order valence-electron chi connectivity index (χ2n) is 5.74. The Hall–Kier alpha value is -2.82. The van der Waals surface area contributed by atoms with Gasteiger partial charge in [-0.25, -0.2) is 4.39 Å². The number of carbonyl (C=O) groups excluding carboxylic acids is 1. The molecule has 0 bridgehead atoms. The fourth-order valence-corrected chi connectivity index (χ4v) is 4.64. The highest BCUT2D eigenvalue weighted by Crippen LogP contribution is 2.15. The first kappa shape index (κ1) is 19.0. The maximum atomic E-state index is 13.1. The minimum Gasteiger partial charge on any atom is -0.298 e. The van der Waals surface area contributed by atoms with Crippen molar-refractivity contribution in [3.63, 3.8) is 0 Å². The smallest absolute Gasteiger partial charge is 0.269 e. The van der Waals surface area contributed by atoms with E-state index in [1.165, 1.54) is 28.8 Å². The van der Waals surface area contributed by atoms with Crippen LogP contribution in [0.25, 0.3) is 11.6 Å². The summed E-state index contributed by atoms with van der Waals surface area (Å²) < 4.78 is 15.3. The second-order valence-corrected chi connectivity index (χ2v) is 8.09. The fraction of sp³-hybridized carbons (Fsp3) is 0.150. The number of halogens is 1. The lowest BCUT2D eigenvalue weighted by molar-refractivity contribution is 0.105. The van der Waals surface area contributed by atoms with Gasteiger partial charge >= 0.3 is 0 Å². The zero-order valence-corrected chi connectivity index (χ0v) is 16.3. The van der Waals surface area contributed by atoms with Gasteiger partial charge < -0.3 is 0 Å². The first-order chi connectivity index (χ1) is 12.9. The van der Waals surface area contributed by atoms with Crippen molar-refractivity contribution in [3.05, 3.63) is 77.1 Å². The Bertz CT molecular complexity index is 1220. The Kier molecular flexibility index (Phi) is 5.49.